The number of halogens is 2. The van der Waals surface area contributed by atoms with Crippen LogP contribution >= 0.6 is 0 Å². The van der Waals surface area contributed by atoms with E-state index in [4.69, 9.17) is 0 Å². The van der Waals surface area contributed by atoms with Gasteiger partial charge in [-0.2, -0.15) is 4.68 Å². The van der Waals surface area contributed by atoms with E-state index >= 15 is 0 Å². The molecule has 0 spiro atoms. The SMILES string of the molecule is CCOC(=O)C(=O)NCc1nnnn1-c1ccc(F)c(F)c1. The van der Waals surface area contributed by atoms with Crippen molar-refractivity contribution in [2.75, 3.05) is 6.61 Å². The number of aromatic nitrogens is 4. The average molecular weight is 311 g/mol. The molecule has 0 fully saturated rings. The first-order valence-electron chi connectivity index (χ1n) is 6.20. The smallest absolute Gasteiger partial charge is 0.396 e. The third-order valence-electron chi connectivity index (χ3n) is 2.55. The van der Waals surface area contributed by atoms with Crippen LogP contribution in [-0.2, 0) is 20.9 Å². The maximum atomic E-state index is 13.2. The first-order chi connectivity index (χ1) is 10.5. The Balaban J connectivity index is 2.11. The van der Waals surface area contributed by atoms with E-state index in [9.17, 15) is 18.4 Å². The first-order valence-corrected chi connectivity index (χ1v) is 6.20. The van der Waals surface area contributed by atoms with Crippen LogP contribution in [0.15, 0.2) is 18.2 Å². The molecule has 1 aromatic carbocycles. The van der Waals surface area contributed by atoms with Crippen molar-refractivity contribution in [2.24, 2.45) is 0 Å². The van der Waals surface area contributed by atoms with Gasteiger partial charge < -0.3 is 10.1 Å². The van der Waals surface area contributed by atoms with Crippen molar-refractivity contribution >= 4 is 11.9 Å². The standard InChI is InChI=1S/C12H11F2N5O3/c1-2-22-12(21)11(20)15-6-10-16-17-18-19(10)7-3-4-8(13)9(14)5-7/h3-5H,2,6H2,1H3,(H,15,20). The zero-order valence-corrected chi connectivity index (χ0v) is 11.4. The molecule has 0 aliphatic rings. The molecule has 22 heavy (non-hydrogen) atoms. The number of hydrogen-bond donors (Lipinski definition) is 1. The van der Waals surface area contributed by atoms with Crippen LogP contribution in [0, 0.1) is 11.6 Å². The van der Waals surface area contributed by atoms with Gasteiger partial charge >= 0.3 is 11.9 Å². The number of rotatable bonds is 4. The van der Waals surface area contributed by atoms with Crippen molar-refractivity contribution in [1.29, 1.82) is 0 Å². The minimum absolute atomic E-state index is 0.0683. The van der Waals surface area contributed by atoms with Gasteiger partial charge in [0, 0.05) is 6.07 Å². The van der Waals surface area contributed by atoms with Gasteiger partial charge in [-0.25, -0.2) is 13.6 Å². The summed E-state index contributed by atoms with van der Waals surface area (Å²) in [7, 11) is 0. The summed E-state index contributed by atoms with van der Waals surface area (Å²) in [6.07, 6.45) is 0. The number of hydrogen-bond acceptors (Lipinski definition) is 6. The lowest BCUT2D eigenvalue weighted by atomic mass is 10.3. The Morgan fingerprint density at radius 1 is 1.32 bits per heavy atom. The summed E-state index contributed by atoms with van der Waals surface area (Å²) in [5.41, 5.74) is 0.171. The lowest BCUT2D eigenvalue weighted by Gasteiger charge is -2.06. The van der Waals surface area contributed by atoms with E-state index in [1.165, 1.54) is 6.07 Å². The fourth-order valence-electron chi connectivity index (χ4n) is 1.56. The maximum Gasteiger partial charge on any atom is 0.396 e. The molecule has 116 valence electrons. The van der Waals surface area contributed by atoms with Gasteiger partial charge in [-0.3, -0.25) is 4.79 Å². The van der Waals surface area contributed by atoms with Crippen LogP contribution < -0.4 is 5.32 Å². The summed E-state index contributed by atoms with van der Waals surface area (Å²) in [4.78, 5) is 22.6. The third kappa shape index (κ3) is 3.40. The van der Waals surface area contributed by atoms with Crippen molar-refractivity contribution in [1.82, 2.24) is 25.5 Å². The molecule has 1 amide bonds. The van der Waals surface area contributed by atoms with Crippen molar-refractivity contribution in [3.8, 4) is 5.69 Å². The molecule has 0 bridgehead atoms. The van der Waals surface area contributed by atoms with Crippen LogP contribution in [0.2, 0.25) is 0 Å². The molecule has 0 saturated heterocycles. The second-order valence-electron chi connectivity index (χ2n) is 4.01. The van der Waals surface area contributed by atoms with E-state index in [0.29, 0.717) is 0 Å². The topological polar surface area (TPSA) is 99.0 Å². The molecule has 1 N–H and O–H groups in total. The number of carbonyl (C=O) groups excluding carboxylic acids is 2. The number of carbonyl (C=O) groups is 2. The molecule has 2 aromatic rings. The van der Waals surface area contributed by atoms with Crippen LogP contribution in [0.3, 0.4) is 0 Å². The quantitative estimate of drug-likeness (QED) is 0.636. The largest absolute Gasteiger partial charge is 0.459 e. The van der Waals surface area contributed by atoms with Gasteiger partial charge in [-0.15, -0.1) is 5.10 Å². The van der Waals surface area contributed by atoms with Crippen LogP contribution in [0.5, 0.6) is 0 Å². The van der Waals surface area contributed by atoms with Gasteiger partial charge in [-0.05, 0) is 29.5 Å². The van der Waals surface area contributed by atoms with Crippen LogP contribution in [0.1, 0.15) is 12.7 Å². The predicted octanol–water partition coefficient (Wildman–Crippen LogP) is 0.120. The summed E-state index contributed by atoms with van der Waals surface area (Å²) in [6, 6.07) is 3.10. The van der Waals surface area contributed by atoms with E-state index in [1.807, 2.05) is 0 Å². The molecular formula is C12H11F2N5O3. The number of tetrazole rings is 1. The molecule has 0 unspecified atom stereocenters. The Hall–Kier alpha value is -2.91. The lowest BCUT2D eigenvalue weighted by molar-refractivity contribution is -0.154. The fourth-order valence-corrected chi connectivity index (χ4v) is 1.56. The molecule has 8 nitrogen and oxygen atoms in total. The van der Waals surface area contributed by atoms with E-state index in [-0.39, 0.29) is 24.7 Å². The van der Waals surface area contributed by atoms with Crippen LogP contribution in [0.4, 0.5) is 8.78 Å². The molecular weight excluding hydrogens is 300 g/mol. The summed E-state index contributed by atoms with van der Waals surface area (Å²) in [5.74, 6) is -3.93. The van der Waals surface area contributed by atoms with Crippen molar-refractivity contribution in [3.05, 3.63) is 35.7 Å². The highest BCUT2D eigenvalue weighted by atomic mass is 19.2. The van der Waals surface area contributed by atoms with Gasteiger partial charge in [0.05, 0.1) is 18.8 Å². The van der Waals surface area contributed by atoms with Gasteiger partial charge in [0.15, 0.2) is 17.5 Å². The molecule has 1 heterocycles. The molecule has 2 rings (SSSR count). The number of benzene rings is 1. The predicted molar refractivity (Wildman–Crippen MR) is 67.5 cm³/mol. The van der Waals surface area contributed by atoms with E-state index in [2.05, 4.69) is 25.6 Å². The Kier molecular flexibility index (Phi) is 4.71. The van der Waals surface area contributed by atoms with E-state index in [0.717, 1.165) is 16.8 Å². The van der Waals surface area contributed by atoms with Crippen LogP contribution in [0.25, 0.3) is 5.69 Å². The Bertz CT molecular complexity index is 704. The van der Waals surface area contributed by atoms with Gasteiger partial charge in [0.1, 0.15) is 0 Å². The van der Waals surface area contributed by atoms with Crippen molar-refractivity contribution in [3.63, 3.8) is 0 Å². The summed E-state index contributed by atoms with van der Waals surface area (Å²) in [5, 5.41) is 12.9. The number of ether oxygens (including phenoxy) is 1. The molecule has 0 aliphatic carbocycles. The second-order valence-corrected chi connectivity index (χ2v) is 4.01. The monoisotopic (exact) mass is 311 g/mol. The normalized spacial score (nSPS) is 10.3. The number of nitrogens with zero attached hydrogens (tertiary/aromatic N) is 4. The molecule has 0 saturated carbocycles. The highest BCUT2D eigenvalue weighted by Crippen LogP contribution is 2.13. The average Bonchev–Trinajstić information content (AvgIpc) is 2.96. The molecule has 1 aromatic heterocycles. The minimum atomic E-state index is -1.06. The number of amides is 1. The minimum Gasteiger partial charge on any atom is -0.459 e. The van der Waals surface area contributed by atoms with Crippen LogP contribution in [-0.4, -0.2) is 38.7 Å². The van der Waals surface area contributed by atoms with Gasteiger partial charge in [-0.1, -0.05) is 0 Å². The van der Waals surface area contributed by atoms with Gasteiger partial charge in [0.2, 0.25) is 0 Å². The van der Waals surface area contributed by atoms with E-state index in [1.54, 1.807) is 6.92 Å². The maximum absolute atomic E-state index is 13.2. The molecule has 0 atom stereocenters. The first kappa shape index (κ1) is 15.5. The molecule has 0 radical (unpaired) electrons. The third-order valence-corrected chi connectivity index (χ3v) is 2.55. The van der Waals surface area contributed by atoms with Crippen molar-refractivity contribution in [2.45, 2.75) is 13.5 Å². The van der Waals surface area contributed by atoms with Gasteiger partial charge in [0.25, 0.3) is 0 Å². The Labute approximate surface area is 123 Å². The Morgan fingerprint density at radius 3 is 2.77 bits per heavy atom. The highest BCUT2D eigenvalue weighted by molar-refractivity contribution is 6.32. The zero-order valence-electron chi connectivity index (χ0n) is 11.4. The molecule has 0 aliphatic heterocycles. The highest BCUT2D eigenvalue weighted by Gasteiger charge is 2.17. The molecule has 10 heteroatoms. The van der Waals surface area contributed by atoms with Crippen molar-refractivity contribution < 1.29 is 23.1 Å². The second kappa shape index (κ2) is 6.70. The lowest BCUT2D eigenvalue weighted by Crippen LogP contribution is -2.32. The Morgan fingerprint density at radius 2 is 2.09 bits per heavy atom. The number of nitrogens with one attached hydrogen (secondary N) is 1. The van der Waals surface area contributed by atoms with E-state index < -0.39 is 23.5 Å². The summed E-state index contributed by atoms with van der Waals surface area (Å²) < 4.78 is 31.8. The number of esters is 1. The summed E-state index contributed by atoms with van der Waals surface area (Å²) in [6.45, 7) is 1.44. The summed E-state index contributed by atoms with van der Waals surface area (Å²) >= 11 is 0. The fraction of sp³-hybridized carbons (Fsp3) is 0.250. The zero-order chi connectivity index (χ0) is 16.1.